The van der Waals surface area contributed by atoms with Crippen LogP contribution in [0, 0.1) is 12.3 Å². The SMILES string of the molecule is ClC1(Cl)C=CC([CH]c2ccccc2)C=C1. The summed E-state index contributed by atoms with van der Waals surface area (Å²) in [5.41, 5.74) is 1.20. The van der Waals surface area contributed by atoms with E-state index in [0.717, 1.165) is 0 Å². The Morgan fingerprint density at radius 2 is 1.60 bits per heavy atom. The number of hydrogen-bond donors (Lipinski definition) is 0. The Labute approximate surface area is 100 Å². The van der Waals surface area contributed by atoms with E-state index in [2.05, 4.69) is 18.6 Å². The molecule has 15 heavy (non-hydrogen) atoms. The van der Waals surface area contributed by atoms with Crippen molar-refractivity contribution in [1.29, 1.82) is 0 Å². The van der Waals surface area contributed by atoms with Gasteiger partial charge in [0.15, 0.2) is 4.33 Å². The fraction of sp³-hybridized carbons (Fsp3) is 0.154. The van der Waals surface area contributed by atoms with Crippen LogP contribution < -0.4 is 0 Å². The van der Waals surface area contributed by atoms with E-state index in [-0.39, 0.29) is 5.92 Å². The number of benzene rings is 1. The highest BCUT2D eigenvalue weighted by molar-refractivity contribution is 6.51. The molecule has 77 valence electrons. The van der Waals surface area contributed by atoms with E-state index in [4.69, 9.17) is 23.2 Å². The number of halogens is 2. The van der Waals surface area contributed by atoms with Crippen molar-refractivity contribution in [2.45, 2.75) is 4.33 Å². The monoisotopic (exact) mass is 237 g/mol. The van der Waals surface area contributed by atoms with Gasteiger partial charge in [0.2, 0.25) is 0 Å². The molecule has 1 aromatic rings. The summed E-state index contributed by atoms with van der Waals surface area (Å²) in [5, 5.41) is 0. The first-order valence-electron chi connectivity index (χ1n) is 4.82. The quantitative estimate of drug-likeness (QED) is 0.536. The van der Waals surface area contributed by atoms with E-state index in [9.17, 15) is 0 Å². The van der Waals surface area contributed by atoms with Crippen LogP contribution in [0.25, 0.3) is 0 Å². The third-order valence-electron chi connectivity index (χ3n) is 2.27. The summed E-state index contributed by atoms with van der Waals surface area (Å²) in [6.07, 6.45) is 9.79. The Hall–Kier alpha value is -0.720. The summed E-state index contributed by atoms with van der Waals surface area (Å²) in [7, 11) is 0. The summed E-state index contributed by atoms with van der Waals surface area (Å²) in [6.45, 7) is 0. The van der Waals surface area contributed by atoms with E-state index in [1.54, 1.807) is 12.2 Å². The van der Waals surface area contributed by atoms with E-state index < -0.39 is 4.33 Å². The van der Waals surface area contributed by atoms with Gasteiger partial charge in [-0.2, -0.15) is 0 Å². The summed E-state index contributed by atoms with van der Waals surface area (Å²) < 4.78 is -0.832. The van der Waals surface area contributed by atoms with Crippen molar-refractivity contribution in [2.75, 3.05) is 0 Å². The number of alkyl halides is 2. The van der Waals surface area contributed by atoms with Crippen LogP contribution in [0.5, 0.6) is 0 Å². The van der Waals surface area contributed by atoms with Crippen LogP contribution in [0.15, 0.2) is 54.6 Å². The Morgan fingerprint density at radius 3 is 2.20 bits per heavy atom. The normalized spacial score (nSPS) is 19.3. The topological polar surface area (TPSA) is 0 Å². The van der Waals surface area contributed by atoms with E-state index >= 15 is 0 Å². The van der Waals surface area contributed by atoms with Crippen LogP contribution in [0.3, 0.4) is 0 Å². The molecular weight excluding hydrogens is 227 g/mol. The van der Waals surface area contributed by atoms with Gasteiger partial charge in [0.1, 0.15) is 0 Å². The van der Waals surface area contributed by atoms with Crippen molar-refractivity contribution in [1.82, 2.24) is 0 Å². The molecule has 0 amide bonds. The third-order valence-corrected chi connectivity index (χ3v) is 2.77. The second kappa shape index (κ2) is 4.42. The zero-order chi connectivity index (χ0) is 10.7. The molecule has 0 N–H and O–H groups in total. The molecule has 1 aromatic carbocycles. The molecule has 2 heteroatoms. The number of allylic oxidation sites excluding steroid dienone is 4. The second-order valence-electron chi connectivity index (χ2n) is 3.55. The van der Waals surface area contributed by atoms with E-state index in [1.165, 1.54) is 5.56 Å². The smallest absolute Gasteiger partial charge is 0.0923 e. The zero-order valence-corrected chi connectivity index (χ0v) is 9.62. The summed E-state index contributed by atoms with van der Waals surface area (Å²) in [4.78, 5) is 0. The molecule has 0 saturated heterocycles. The van der Waals surface area contributed by atoms with Gasteiger partial charge in [-0.3, -0.25) is 0 Å². The van der Waals surface area contributed by atoms with Gasteiger partial charge in [-0.05, 0) is 17.7 Å². The molecule has 0 unspecified atom stereocenters. The van der Waals surface area contributed by atoms with Gasteiger partial charge in [-0.15, -0.1) is 0 Å². The average molecular weight is 238 g/mol. The highest BCUT2D eigenvalue weighted by atomic mass is 35.5. The van der Waals surface area contributed by atoms with Crippen molar-refractivity contribution >= 4 is 23.2 Å². The lowest BCUT2D eigenvalue weighted by molar-refractivity contribution is 0.938. The fourth-order valence-electron chi connectivity index (χ4n) is 1.50. The fourth-order valence-corrected chi connectivity index (χ4v) is 1.79. The molecule has 0 heterocycles. The Bertz CT molecular complexity index is 361. The first-order valence-corrected chi connectivity index (χ1v) is 5.58. The molecular formula is C13H11Cl2. The standard InChI is InChI=1S/C13H11Cl2/c14-13(15)8-6-12(7-9-13)10-11-4-2-1-3-5-11/h1-10,12H. The Morgan fingerprint density at radius 1 is 1.00 bits per heavy atom. The summed E-state index contributed by atoms with van der Waals surface area (Å²) >= 11 is 11.8. The molecule has 0 aliphatic heterocycles. The predicted octanol–water partition coefficient (Wildman–Crippen LogP) is 4.16. The predicted molar refractivity (Wildman–Crippen MR) is 66.1 cm³/mol. The molecule has 0 atom stereocenters. The minimum Gasteiger partial charge on any atom is -0.0923 e. The maximum absolute atomic E-state index is 5.92. The van der Waals surface area contributed by atoms with Crippen LogP contribution in [-0.4, -0.2) is 4.33 Å². The molecule has 1 radical (unpaired) electrons. The molecule has 0 bridgehead atoms. The Kier molecular flexibility index (Phi) is 3.18. The second-order valence-corrected chi connectivity index (χ2v) is 4.99. The highest BCUT2D eigenvalue weighted by Crippen LogP contribution is 2.30. The molecule has 0 fully saturated rings. The largest absolute Gasteiger partial charge is 0.154 e. The lowest BCUT2D eigenvalue weighted by Gasteiger charge is -2.18. The van der Waals surface area contributed by atoms with Gasteiger partial charge in [0.25, 0.3) is 0 Å². The summed E-state index contributed by atoms with van der Waals surface area (Å²) in [6, 6.07) is 10.2. The van der Waals surface area contributed by atoms with Crippen LogP contribution in [0.1, 0.15) is 5.56 Å². The Balaban J connectivity index is 2.02. The minimum atomic E-state index is -0.832. The first kappa shape index (κ1) is 10.8. The van der Waals surface area contributed by atoms with Crippen molar-refractivity contribution in [3.8, 4) is 0 Å². The van der Waals surface area contributed by atoms with Crippen LogP contribution in [-0.2, 0) is 0 Å². The first-order chi connectivity index (χ1) is 7.16. The van der Waals surface area contributed by atoms with Crippen LogP contribution >= 0.6 is 23.2 Å². The maximum atomic E-state index is 5.92. The van der Waals surface area contributed by atoms with Gasteiger partial charge >= 0.3 is 0 Å². The van der Waals surface area contributed by atoms with E-state index in [0.29, 0.717) is 0 Å². The lowest BCUT2D eigenvalue weighted by atomic mass is 9.95. The molecule has 0 saturated carbocycles. The minimum absolute atomic E-state index is 0.276. The van der Waals surface area contributed by atoms with Gasteiger partial charge in [0, 0.05) is 12.3 Å². The van der Waals surface area contributed by atoms with Crippen LogP contribution in [0.4, 0.5) is 0 Å². The average Bonchev–Trinajstić information content (AvgIpc) is 2.23. The van der Waals surface area contributed by atoms with Gasteiger partial charge in [0.05, 0.1) is 0 Å². The maximum Gasteiger partial charge on any atom is 0.154 e. The molecule has 0 spiro atoms. The van der Waals surface area contributed by atoms with Crippen molar-refractivity contribution in [3.63, 3.8) is 0 Å². The summed E-state index contributed by atoms with van der Waals surface area (Å²) in [5.74, 6) is 0.276. The van der Waals surface area contributed by atoms with Crippen molar-refractivity contribution in [3.05, 3.63) is 66.6 Å². The van der Waals surface area contributed by atoms with E-state index in [1.807, 2.05) is 30.4 Å². The molecule has 0 aromatic heterocycles. The molecule has 0 nitrogen and oxygen atoms in total. The molecule has 2 rings (SSSR count). The molecule has 1 aliphatic carbocycles. The van der Waals surface area contributed by atoms with Gasteiger partial charge in [-0.25, -0.2) is 0 Å². The molecule has 1 aliphatic rings. The highest BCUT2D eigenvalue weighted by Gasteiger charge is 2.20. The van der Waals surface area contributed by atoms with Crippen molar-refractivity contribution < 1.29 is 0 Å². The van der Waals surface area contributed by atoms with Gasteiger partial charge < -0.3 is 0 Å². The third kappa shape index (κ3) is 3.12. The van der Waals surface area contributed by atoms with Gasteiger partial charge in [-0.1, -0.05) is 65.7 Å². The van der Waals surface area contributed by atoms with Crippen molar-refractivity contribution in [2.24, 2.45) is 5.92 Å². The zero-order valence-electron chi connectivity index (χ0n) is 8.11. The number of rotatable bonds is 2. The number of hydrogen-bond acceptors (Lipinski definition) is 0. The van der Waals surface area contributed by atoms with Crippen LogP contribution in [0.2, 0.25) is 0 Å². The lowest BCUT2D eigenvalue weighted by Crippen LogP contribution is -2.10.